The van der Waals surface area contributed by atoms with Crippen molar-refractivity contribution in [1.29, 1.82) is 0 Å². The van der Waals surface area contributed by atoms with Gasteiger partial charge in [0.2, 0.25) is 0 Å². The monoisotopic (exact) mass is 272 g/mol. The molecule has 98 valence electrons. The number of aromatic nitrogens is 1. The molecule has 0 aliphatic heterocycles. The molecule has 1 aromatic carbocycles. The minimum Gasteiger partial charge on any atom is -0.303 e. The van der Waals surface area contributed by atoms with Gasteiger partial charge in [-0.2, -0.15) is 0 Å². The van der Waals surface area contributed by atoms with E-state index in [0.717, 1.165) is 11.6 Å². The number of nitrogens with zero attached hydrogens (tertiary/aromatic N) is 1. The smallest absolute Gasteiger partial charge is 0.0437 e. The molecule has 0 unspecified atom stereocenters. The molecule has 1 aromatic heterocycles. The van der Waals surface area contributed by atoms with E-state index in [0.29, 0.717) is 0 Å². The third kappa shape index (κ3) is 2.65. The van der Waals surface area contributed by atoms with Crippen LogP contribution in [0.1, 0.15) is 30.4 Å². The Morgan fingerprint density at radius 2 is 1.74 bits per heavy atom. The van der Waals surface area contributed by atoms with Gasteiger partial charge in [-0.1, -0.05) is 23.7 Å². The van der Waals surface area contributed by atoms with Crippen LogP contribution in [-0.2, 0) is 12.1 Å². The van der Waals surface area contributed by atoms with Crippen molar-refractivity contribution in [2.75, 3.05) is 0 Å². The second kappa shape index (κ2) is 5.32. The SMILES string of the molecule is Clc1ccc(C2(NCc3ccncc3)CCC2)cc1. The Hall–Kier alpha value is -1.38. The summed E-state index contributed by atoms with van der Waals surface area (Å²) in [6.07, 6.45) is 7.35. The first-order valence-corrected chi connectivity index (χ1v) is 7.06. The molecule has 3 rings (SSSR count). The maximum Gasteiger partial charge on any atom is 0.0437 e. The number of halogens is 1. The number of nitrogens with one attached hydrogen (secondary N) is 1. The van der Waals surface area contributed by atoms with Crippen molar-refractivity contribution in [3.8, 4) is 0 Å². The molecule has 0 bridgehead atoms. The lowest BCUT2D eigenvalue weighted by atomic mass is 9.71. The molecule has 1 N–H and O–H groups in total. The van der Waals surface area contributed by atoms with Gasteiger partial charge in [-0.25, -0.2) is 0 Å². The van der Waals surface area contributed by atoms with Gasteiger partial charge in [0.1, 0.15) is 0 Å². The fraction of sp³-hybridized carbons (Fsp3) is 0.312. The van der Waals surface area contributed by atoms with Crippen molar-refractivity contribution in [2.24, 2.45) is 0 Å². The van der Waals surface area contributed by atoms with Gasteiger partial charge in [0.25, 0.3) is 0 Å². The van der Waals surface area contributed by atoms with Crippen molar-refractivity contribution in [1.82, 2.24) is 10.3 Å². The largest absolute Gasteiger partial charge is 0.303 e. The Morgan fingerprint density at radius 3 is 2.32 bits per heavy atom. The number of rotatable bonds is 4. The summed E-state index contributed by atoms with van der Waals surface area (Å²) in [5.41, 5.74) is 2.75. The van der Waals surface area contributed by atoms with Crippen LogP contribution in [0.25, 0.3) is 0 Å². The van der Waals surface area contributed by atoms with Crippen LogP contribution >= 0.6 is 11.6 Å². The summed E-state index contributed by atoms with van der Waals surface area (Å²) in [7, 11) is 0. The average molecular weight is 273 g/mol. The second-order valence-electron chi connectivity index (χ2n) is 5.15. The van der Waals surface area contributed by atoms with E-state index in [4.69, 9.17) is 11.6 Å². The normalized spacial score (nSPS) is 16.9. The fourth-order valence-electron chi connectivity index (χ4n) is 2.64. The molecule has 1 aliphatic rings. The van der Waals surface area contributed by atoms with E-state index in [1.165, 1.54) is 30.4 Å². The highest BCUT2D eigenvalue weighted by atomic mass is 35.5. The predicted molar refractivity (Wildman–Crippen MR) is 78.1 cm³/mol. The molecule has 1 heterocycles. The molecule has 0 amide bonds. The Balaban J connectivity index is 1.74. The molecule has 0 saturated heterocycles. The van der Waals surface area contributed by atoms with Gasteiger partial charge in [0.15, 0.2) is 0 Å². The lowest BCUT2D eigenvalue weighted by Gasteiger charge is -2.43. The Bertz CT molecular complexity index is 532. The minimum absolute atomic E-state index is 0.133. The van der Waals surface area contributed by atoms with Crippen LogP contribution in [0, 0.1) is 0 Å². The van der Waals surface area contributed by atoms with Gasteiger partial charge in [-0.05, 0) is 54.7 Å². The van der Waals surface area contributed by atoms with Crippen LogP contribution in [0.3, 0.4) is 0 Å². The van der Waals surface area contributed by atoms with E-state index in [9.17, 15) is 0 Å². The standard InChI is InChI=1S/C16H17ClN2/c17-15-4-2-14(3-5-15)16(8-1-9-16)19-12-13-6-10-18-11-7-13/h2-7,10-11,19H,1,8-9,12H2. The van der Waals surface area contributed by atoms with Gasteiger partial charge in [0.05, 0.1) is 0 Å². The topological polar surface area (TPSA) is 24.9 Å². The Kier molecular flexibility index (Phi) is 3.54. The molecule has 0 spiro atoms. The molecule has 19 heavy (non-hydrogen) atoms. The molecule has 0 radical (unpaired) electrons. The van der Waals surface area contributed by atoms with Crippen LogP contribution < -0.4 is 5.32 Å². The van der Waals surface area contributed by atoms with E-state index in [-0.39, 0.29) is 5.54 Å². The van der Waals surface area contributed by atoms with Crippen molar-refractivity contribution >= 4 is 11.6 Å². The molecular formula is C16H17ClN2. The summed E-state index contributed by atoms with van der Waals surface area (Å²) < 4.78 is 0. The summed E-state index contributed by atoms with van der Waals surface area (Å²) in [4.78, 5) is 4.05. The zero-order chi connectivity index (χ0) is 13.1. The molecule has 0 atom stereocenters. The van der Waals surface area contributed by atoms with Crippen LogP contribution in [-0.4, -0.2) is 4.98 Å². The third-order valence-electron chi connectivity index (χ3n) is 3.98. The summed E-state index contributed by atoms with van der Waals surface area (Å²) in [5.74, 6) is 0. The van der Waals surface area contributed by atoms with Crippen LogP contribution in [0.4, 0.5) is 0 Å². The molecular weight excluding hydrogens is 256 g/mol. The van der Waals surface area contributed by atoms with E-state index in [2.05, 4.69) is 34.6 Å². The molecule has 1 saturated carbocycles. The van der Waals surface area contributed by atoms with Crippen molar-refractivity contribution in [3.05, 3.63) is 64.9 Å². The summed E-state index contributed by atoms with van der Waals surface area (Å²) in [5, 5.41) is 4.51. The highest BCUT2D eigenvalue weighted by Gasteiger charge is 2.37. The number of hydrogen-bond donors (Lipinski definition) is 1. The van der Waals surface area contributed by atoms with E-state index < -0.39 is 0 Å². The van der Waals surface area contributed by atoms with Gasteiger partial charge < -0.3 is 5.32 Å². The van der Waals surface area contributed by atoms with E-state index in [1.807, 2.05) is 24.5 Å². The first kappa shape index (κ1) is 12.6. The zero-order valence-corrected chi connectivity index (χ0v) is 11.5. The van der Waals surface area contributed by atoms with Gasteiger partial charge in [-0.3, -0.25) is 4.98 Å². The zero-order valence-electron chi connectivity index (χ0n) is 10.8. The lowest BCUT2D eigenvalue weighted by molar-refractivity contribution is 0.183. The number of benzene rings is 1. The highest BCUT2D eigenvalue weighted by molar-refractivity contribution is 6.30. The van der Waals surface area contributed by atoms with Gasteiger partial charge in [0, 0.05) is 29.5 Å². The average Bonchev–Trinajstić information content (AvgIpc) is 2.41. The molecule has 1 fully saturated rings. The van der Waals surface area contributed by atoms with Gasteiger partial charge >= 0.3 is 0 Å². The van der Waals surface area contributed by atoms with E-state index in [1.54, 1.807) is 0 Å². The fourth-order valence-corrected chi connectivity index (χ4v) is 2.76. The molecule has 2 aromatic rings. The first-order chi connectivity index (χ1) is 9.28. The highest BCUT2D eigenvalue weighted by Crippen LogP contribution is 2.41. The van der Waals surface area contributed by atoms with Gasteiger partial charge in [-0.15, -0.1) is 0 Å². The van der Waals surface area contributed by atoms with Crippen molar-refractivity contribution < 1.29 is 0 Å². The second-order valence-corrected chi connectivity index (χ2v) is 5.59. The number of pyridine rings is 1. The quantitative estimate of drug-likeness (QED) is 0.913. The Labute approximate surface area is 118 Å². The maximum atomic E-state index is 5.97. The maximum absolute atomic E-state index is 5.97. The van der Waals surface area contributed by atoms with Crippen LogP contribution in [0.2, 0.25) is 5.02 Å². The first-order valence-electron chi connectivity index (χ1n) is 6.68. The summed E-state index contributed by atoms with van der Waals surface area (Å²) >= 11 is 5.97. The van der Waals surface area contributed by atoms with Crippen molar-refractivity contribution in [3.63, 3.8) is 0 Å². The molecule has 2 nitrogen and oxygen atoms in total. The molecule has 3 heteroatoms. The van der Waals surface area contributed by atoms with Crippen LogP contribution in [0.15, 0.2) is 48.8 Å². The third-order valence-corrected chi connectivity index (χ3v) is 4.24. The Morgan fingerprint density at radius 1 is 1.05 bits per heavy atom. The number of hydrogen-bond acceptors (Lipinski definition) is 2. The van der Waals surface area contributed by atoms with E-state index >= 15 is 0 Å². The summed E-state index contributed by atoms with van der Waals surface area (Å²) in [6.45, 7) is 0.880. The predicted octanol–water partition coefficient (Wildman–Crippen LogP) is 3.90. The summed E-state index contributed by atoms with van der Waals surface area (Å²) in [6, 6.07) is 12.3. The minimum atomic E-state index is 0.133. The van der Waals surface area contributed by atoms with Crippen LogP contribution in [0.5, 0.6) is 0 Å². The van der Waals surface area contributed by atoms with Crippen molar-refractivity contribution in [2.45, 2.75) is 31.3 Å². The molecule has 1 aliphatic carbocycles. The lowest BCUT2D eigenvalue weighted by Crippen LogP contribution is -2.47.